The van der Waals surface area contributed by atoms with Crippen molar-refractivity contribution in [1.82, 2.24) is 9.80 Å². The van der Waals surface area contributed by atoms with E-state index in [2.05, 4.69) is 9.80 Å². The number of nitrogens with zero attached hydrogens (tertiary/aromatic N) is 2. The van der Waals surface area contributed by atoms with Gasteiger partial charge in [0.25, 0.3) is 0 Å². The van der Waals surface area contributed by atoms with E-state index in [1.54, 1.807) is 0 Å². The quantitative estimate of drug-likeness (QED) is 0.665. The molecule has 6 unspecified atom stereocenters. The summed E-state index contributed by atoms with van der Waals surface area (Å²) in [4.78, 5) is 21.4. The van der Waals surface area contributed by atoms with Crippen LogP contribution in [0.2, 0.25) is 0 Å². The summed E-state index contributed by atoms with van der Waals surface area (Å²) in [5, 5.41) is 0. The summed E-state index contributed by atoms with van der Waals surface area (Å²) >= 11 is 0. The van der Waals surface area contributed by atoms with Gasteiger partial charge in [0.15, 0.2) is 0 Å². The number of fused-ring (bicyclic) bond motifs is 4. The molecule has 0 spiro atoms. The molecule has 4 aliphatic heterocycles. The van der Waals surface area contributed by atoms with Gasteiger partial charge < -0.3 is 21.3 Å². The summed E-state index contributed by atoms with van der Waals surface area (Å²) in [7, 11) is 0. The van der Waals surface area contributed by atoms with Gasteiger partial charge in [0.1, 0.15) is 0 Å². The largest absolute Gasteiger partial charge is 0.373 e. The molecule has 6 nitrogen and oxygen atoms in total. The second-order valence-corrected chi connectivity index (χ2v) is 7.39. The Morgan fingerprint density at radius 2 is 1.09 bits per heavy atom. The summed E-state index contributed by atoms with van der Waals surface area (Å²) in [6, 6.07) is 1.02. The van der Waals surface area contributed by atoms with Crippen molar-refractivity contribution in [3.63, 3.8) is 0 Å². The van der Waals surface area contributed by atoms with E-state index in [9.17, 15) is 0 Å². The van der Waals surface area contributed by atoms with Crippen molar-refractivity contribution >= 4 is 6.15 Å². The molecule has 6 heteroatoms. The molecule has 4 fully saturated rings. The highest BCUT2D eigenvalue weighted by Crippen LogP contribution is 2.25. The van der Waals surface area contributed by atoms with Crippen molar-refractivity contribution in [2.24, 2.45) is 23.3 Å². The molecule has 0 saturated carbocycles. The van der Waals surface area contributed by atoms with Crippen molar-refractivity contribution in [2.45, 2.75) is 50.6 Å². The fourth-order valence-corrected chi connectivity index (χ4v) is 4.42. The average molecular weight is 324 g/mol. The van der Waals surface area contributed by atoms with Gasteiger partial charge in [-0.3, -0.25) is 0 Å². The van der Waals surface area contributed by atoms with E-state index in [4.69, 9.17) is 21.1 Å². The Morgan fingerprint density at radius 1 is 0.696 bits per heavy atom. The standard InChI is InChI=1S/2C8H16N2.CO2/c2*9-8-3-5-10-4-1-2-7(8)6-10;2-1-3/h2*7-8H,1-6,9H2;. The van der Waals surface area contributed by atoms with Crippen LogP contribution in [-0.4, -0.2) is 67.3 Å². The highest BCUT2D eigenvalue weighted by molar-refractivity contribution is 5.20. The highest BCUT2D eigenvalue weighted by Gasteiger charge is 2.30. The minimum absolute atomic E-state index is 0.250. The maximum Gasteiger partial charge on any atom is 0.373 e. The van der Waals surface area contributed by atoms with Crippen molar-refractivity contribution in [3.05, 3.63) is 0 Å². The lowest BCUT2D eigenvalue weighted by atomic mass is 9.86. The molecule has 6 atom stereocenters. The Labute approximate surface area is 139 Å². The normalized spacial score (nSPS) is 41.3. The Kier molecular flexibility index (Phi) is 7.66. The van der Waals surface area contributed by atoms with Crippen molar-refractivity contribution in [1.29, 1.82) is 0 Å². The summed E-state index contributed by atoms with van der Waals surface area (Å²) in [5.74, 6) is 1.64. The Hall–Kier alpha value is -0.780. The molecule has 0 amide bonds. The number of rotatable bonds is 0. The molecule has 0 aliphatic carbocycles. The number of carbonyl (C=O) groups excluding carboxylic acids is 2. The zero-order chi connectivity index (χ0) is 16.7. The van der Waals surface area contributed by atoms with E-state index in [1.165, 1.54) is 77.8 Å². The molecule has 4 rings (SSSR count). The third-order valence-corrected chi connectivity index (χ3v) is 5.85. The minimum atomic E-state index is 0.250. The Morgan fingerprint density at radius 3 is 1.43 bits per heavy atom. The zero-order valence-corrected chi connectivity index (χ0v) is 14.2. The SMILES string of the molecule is NC1CCN2CCCC1C2.NC1CCN2CCCC1C2.O=C=O. The monoisotopic (exact) mass is 324 g/mol. The summed E-state index contributed by atoms with van der Waals surface area (Å²) in [6.07, 6.45) is 8.20. The van der Waals surface area contributed by atoms with Crippen LogP contribution in [0, 0.1) is 11.8 Å². The second kappa shape index (κ2) is 9.50. The lowest BCUT2D eigenvalue weighted by Gasteiger charge is -2.41. The van der Waals surface area contributed by atoms with E-state index in [-0.39, 0.29) is 6.15 Å². The number of nitrogens with two attached hydrogens (primary N) is 2. The van der Waals surface area contributed by atoms with Crippen LogP contribution in [0.25, 0.3) is 0 Å². The van der Waals surface area contributed by atoms with Crippen molar-refractivity contribution < 1.29 is 9.59 Å². The van der Waals surface area contributed by atoms with E-state index in [0.29, 0.717) is 12.1 Å². The van der Waals surface area contributed by atoms with Crippen LogP contribution in [0.1, 0.15) is 38.5 Å². The Balaban J connectivity index is 0.000000143. The second-order valence-electron chi connectivity index (χ2n) is 7.39. The van der Waals surface area contributed by atoms with Crippen LogP contribution < -0.4 is 11.5 Å². The first-order valence-corrected chi connectivity index (χ1v) is 9.09. The number of piperidine rings is 4. The molecule has 0 aromatic rings. The first kappa shape index (κ1) is 18.6. The highest BCUT2D eigenvalue weighted by atomic mass is 16.2. The molecular weight excluding hydrogens is 292 g/mol. The van der Waals surface area contributed by atoms with Crippen LogP contribution in [0.15, 0.2) is 0 Å². The molecule has 4 saturated heterocycles. The maximum atomic E-state index is 8.12. The molecule has 0 aromatic carbocycles. The lowest BCUT2D eigenvalue weighted by Crippen LogP contribution is -2.50. The van der Waals surface area contributed by atoms with Crippen LogP contribution in [0.5, 0.6) is 0 Å². The van der Waals surface area contributed by atoms with Gasteiger partial charge >= 0.3 is 6.15 Å². The molecule has 4 bridgehead atoms. The molecule has 4 N–H and O–H groups in total. The fraction of sp³-hybridized carbons (Fsp3) is 0.941. The lowest BCUT2D eigenvalue weighted by molar-refractivity contribution is -0.191. The van der Waals surface area contributed by atoms with Crippen LogP contribution in [-0.2, 0) is 9.59 Å². The smallest absolute Gasteiger partial charge is 0.327 e. The number of hydrogen-bond donors (Lipinski definition) is 2. The third kappa shape index (κ3) is 5.66. The average Bonchev–Trinajstić information content (AvgIpc) is 2.57. The first-order chi connectivity index (χ1) is 11.1. The van der Waals surface area contributed by atoms with E-state index in [1.807, 2.05) is 0 Å². The van der Waals surface area contributed by atoms with Gasteiger partial charge in [-0.15, -0.1) is 0 Å². The van der Waals surface area contributed by atoms with Crippen molar-refractivity contribution in [2.75, 3.05) is 39.3 Å². The minimum Gasteiger partial charge on any atom is -0.327 e. The van der Waals surface area contributed by atoms with Gasteiger partial charge in [0.05, 0.1) is 0 Å². The van der Waals surface area contributed by atoms with Gasteiger partial charge in [-0.2, -0.15) is 9.59 Å². The van der Waals surface area contributed by atoms with Gasteiger partial charge in [-0.05, 0) is 76.5 Å². The molecule has 4 heterocycles. The van der Waals surface area contributed by atoms with Crippen LogP contribution >= 0.6 is 0 Å². The third-order valence-electron chi connectivity index (χ3n) is 5.85. The molecule has 0 aromatic heterocycles. The van der Waals surface area contributed by atoms with Gasteiger partial charge in [0, 0.05) is 25.2 Å². The first-order valence-electron chi connectivity index (χ1n) is 9.09. The predicted octanol–water partition coefficient (Wildman–Crippen LogP) is 0.275. The summed E-state index contributed by atoms with van der Waals surface area (Å²) in [5.41, 5.74) is 11.9. The predicted molar refractivity (Wildman–Crippen MR) is 88.5 cm³/mol. The number of hydrogen-bond acceptors (Lipinski definition) is 6. The van der Waals surface area contributed by atoms with E-state index in [0.717, 1.165) is 11.8 Å². The summed E-state index contributed by atoms with van der Waals surface area (Å²) < 4.78 is 0. The molecule has 132 valence electrons. The molecule has 4 aliphatic rings. The zero-order valence-electron chi connectivity index (χ0n) is 14.2. The molecule has 23 heavy (non-hydrogen) atoms. The maximum absolute atomic E-state index is 8.12. The molecular formula is C17H32N4O2. The molecule has 0 radical (unpaired) electrons. The van der Waals surface area contributed by atoms with Gasteiger partial charge in [-0.1, -0.05) is 0 Å². The van der Waals surface area contributed by atoms with E-state index >= 15 is 0 Å². The van der Waals surface area contributed by atoms with Crippen LogP contribution in [0.3, 0.4) is 0 Å². The topological polar surface area (TPSA) is 92.7 Å². The summed E-state index contributed by atoms with van der Waals surface area (Å²) in [6.45, 7) is 7.70. The van der Waals surface area contributed by atoms with Crippen molar-refractivity contribution in [3.8, 4) is 0 Å². The van der Waals surface area contributed by atoms with Gasteiger partial charge in [0.2, 0.25) is 0 Å². The van der Waals surface area contributed by atoms with Crippen LogP contribution in [0.4, 0.5) is 0 Å². The fourth-order valence-electron chi connectivity index (χ4n) is 4.42. The van der Waals surface area contributed by atoms with E-state index < -0.39 is 0 Å². The Bertz CT molecular complexity index is 353. The van der Waals surface area contributed by atoms with Gasteiger partial charge in [-0.25, -0.2) is 0 Å².